The first-order chi connectivity index (χ1) is 19.8. The topological polar surface area (TPSA) is 128 Å². The zero-order valence-corrected chi connectivity index (χ0v) is 22.8. The van der Waals surface area contributed by atoms with Gasteiger partial charge < -0.3 is 15.2 Å². The van der Waals surface area contributed by atoms with Crippen LogP contribution in [0, 0.1) is 13.8 Å². The number of benzene rings is 1. The maximum Gasteiger partial charge on any atom is 0.250 e. The molecule has 10 nitrogen and oxygen atoms in total. The Morgan fingerprint density at radius 1 is 1.00 bits per heavy atom. The second-order valence-corrected chi connectivity index (χ2v) is 10.4. The monoisotopic (exact) mass is 547 g/mol. The number of pyridine rings is 1. The van der Waals surface area contributed by atoms with Gasteiger partial charge in [0.25, 0.3) is 5.91 Å². The molecule has 0 saturated heterocycles. The van der Waals surface area contributed by atoms with Crippen LogP contribution in [0.1, 0.15) is 33.9 Å². The summed E-state index contributed by atoms with van der Waals surface area (Å²) in [5.41, 5.74) is 11.6. The minimum Gasteiger partial charge on any atom is -0.366 e. The predicted octanol–water partition coefficient (Wildman–Crippen LogP) is 3.43. The fraction of sp³-hybridized carbons (Fsp3) is 0.226. The highest BCUT2D eigenvalue weighted by molar-refractivity contribution is 6.07. The van der Waals surface area contributed by atoms with Crippen molar-refractivity contribution in [3.05, 3.63) is 95.9 Å². The zero-order chi connectivity index (χ0) is 28.7. The van der Waals surface area contributed by atoms with Crippen LogP contribution in [-0.4, -0.2) is 59.2 Å². The highest BCUT2D eigenvalue weighted by atomic mass is 16.2. The van der Waals surface area contributed by atoms with Gasteiger partial charge in [-0.25, -0.2) is 9.50 Å². The van der Waals surface area contributed by atoms with Gasteiger partial charge in [0.15, 0.2) is 11.4 Å². The van der Waals surface area contributed by atoms with Gasteiger partial charge in [-0.05, 0) is 50.1 Å². The number of hydrogen-bond acceptors (Lipinski definition) is 6. The number of rotatable bonds is 7. The van der Waals surface area contributed by atoms with E-state index >= 15 is 0 Å². The molecular weight excluding hydrogens is 518 g/mol. The molecule has 0 fully saturated rings. The van der Waals surface area contributed by atoms with E-state index in [4.69, 9.17) is 5.73 Å². The quantitative estimate of drug-likeness (QED) is 0.311. The van der Waals surface area contributed by atoms with Crippen molar-refractivity contribution >= 4 is 34.1 Å². The molecule has 41 heavy (non-hydrogen) atoms. The number of carbonyl (C=O) groups is 3. The lowest BCUT2D eigenvalue weighted by Crippen LogP contribution is -2.48. The number of fused-ring (bicyclic) bond motifs is 2. The van der Waals surface area contributed by atoms with Crippen LogP contribution in [0.25, 0.3) is 27.7 Å². The van der Waals surface area contributed by atoms with Gasteiger partial charge in [0.1, 0.15) is 6.54 Å². The molecule has 0 saturated carbocycles. The van der Waals surface area contributed by atoms with Crippen LogP contribution in [0.5, 0.6) is 0 Å². The molecule has 1 aliphatic heterocycles. The number of aryl methyl sites for hydroxylation is 2. The number of carbonyl (C=O) groups excluding carboxylic acids is 3. The predicted molar refractivity (Wildman–Crippen MR) is 154 cm³/mol. The maximum atomic E-state index is 13.6. The summed E-state index contributed by atoms with van der Waals surface area (Å²) in [7, 11) is 0. The Bertz CT molecular complexity index is 1870. The van der Waals surface area contributed by atoms with Gasteiger partial charge in [-0.1, -0.05) is 24.3 Å². The molecule has 6 rings (SSSR count). The largest absolute Gasteiger partial charge is 0.366 e. The molecule has 5 aromatic rings. The second-order valence-electron chi connectivity index (χ2n) is 10.4. The molecule has 10 heteroatoms. The molecule has 0 radical (unpaired) electrons. The van der Waals surface area contributed by atoms with E-state index in [0.717, 1.165) is 28.2 Å². The Labute approximate surface area is 236 Å². The Morgan fingerprint density at radius 2 is 1.85 bits per heavy atom. The first-order valence-corrected chi connectivity index (χ1v) is 13.4. The van der Waals surface area contributed by atoms with E-state index in [9.17, 15) is 14.4 Å². The van der Waals surface area contributed by atoms with Crippen LogP contribution in [0.2, 0.25) is 0 Å². The standard InChI is InChI=1S/C31H29N7O3/c1-19-6-5-7-23(34-19)14-28(39)27-8-3-4-11-37(27)30(40)18-36-17-25(31(32)41)24-13-21(9-10-26(24)36)22-15-33-29-12-20(2)35-38(29)16-22/h3-7,9-10,12-13,15-17,27H,8,11,14,18H2,1-2H3,(H2,32,41). The van der Waals surface area contributed by atoms with E-state index in [2.05, 4.69) is 15.1 Å². The smallest absolute Gasteiger partial charge is 0.250 e. The van der Waals surface area contributed by atoms with Crippen LogP contribution in [0.15, 0.2) is 73.2 Å². The molecule has 5 heterocycles. The highest BCUT2D eigenvalue weighted by Crippen LogP contribution is 2.28. The van der Waals surface area contributed by atoms with E-state index in [1.807, 2.05) is 74.7 Å². The lowest BCUT2D eigenvalue weighted by Gasteiger charge is -2.32. The molecule has 1 unspecified atom stereocenters. The number of Topliss-reactive ketones (excluding diaryl/α,β-unsaturated/α-hetero) is 1. The Hall–Kier alpha value is -5.12. The SMILES string of the molecule is Cc1cccc(CC(=O)C2CC=CCN2C(=O)Cn2cc(C(N)=O)c3cc(-c4cnc5cc(C)nn5c4)ccc32)n1. The van der Waals surface area contributed by atoms with Gasteiger partial charge in [0.05, 0.1) is 23.7 Å². The van der Waals surface area contributed by atoms with E-state index in [-0.39, 0.29) is 24.7 Å². The van der Waals surface area contributed by atoms with Crippen LogP contribution < -0.4 is 5.73 Å². The van der Waals surface area contributed by atoms with Crippen molar-refractivity contribution in [1.82, 2.24) is 29.0 Å². The van der Waals surface area contributed by atoms with Crippen molar-refractivity contribution in [3.8, 4) is 11.1 Å². The minimum absolute atomic E-state index is 0.0382. The third kappa shape index (κ3) is 5.11. The highest BCUT2D eigenvalue weighted by Gasteiger charge is 2.30. The second kappa shape index (κ2) is 10.5. The van der Waals surface area contributed by atoms with Crippen LogP contribution in [0.4, 0.5) is 0 Å². The fourth-order valence-electron chi connectivity index (χ4n) is 5.43. The summed E-state index contributed by atoms with van der Waals surface area (Å²) in [6.07, 6.45) is 9.69. The normalized spacial score (nSPS) is 15.1. The minimum atomic E-state index is -0.589. The number of aromatic nitrogens is 5. The molecule has 1 aliphatic rings. The van der Waals surface area contributed by atoms with Crippen molar-refractivity contribution in [2.45, 2.75) is 39.3 Å². The third-order valence-corrected chi connectivity index (χ3v) is 7.42. The summed E-state index contributed by atoms with van der Waals surface area (Å²) in [5, 5.41) is 5.07. The molecule has 0 spiro atoms. The number of ketones is 1. The van der Waals surface area contributed by atoms with E-state index in [1.165, 1.54) is 0 Å². The van der Waals surface area contributed by atoms with Crippen molar-refractivity contribution in [3.63, 3.8) is 0 Å². The summed E-state index contributed by atoms with van der Waals surface area (Å²) in [6.45, 7) is 4.09. The molecule has 2 N–H and O–H groups in total. The molecule has 1 aromatic carbocycles. The first-order valence-electron chi connectivity index (χ1n) is 13.4. The fourth-order valence-corrected chi connectivity index (χ4v) is 5.43. The van der Waals surface area contributed by atoms with Crippen molar-refractivity contribution in [1.29, 1.82) is 0 Å². The number of amides is 2. The van der Waals surface area contributed by atoms with Crippen LogP contribution in [-0.2, 0) is 22.6 Å². The average molecular weight is 548 g/mol. The van der Waals surface area contributed by atoms with Gasteiger partial charge in [-0.2, -0.15) is 5.10 Å². The van der Waals surface area contributed by atoms with E-state index in [0.29, 0.717) is 35.1 Å². The van der Waals surface area contributed by atoms with Gasteiger partial charge >= 0.3 is 0 Å². The zero-order valence-electron chi connectivity index (χ0n) is 22.8. The first kappa shape index (κ1) is 26.1. The van der Waals surface area contributed by atoms with Gasteiger partial charge in [0, 0.05) is 59.1 Å². The van der Waals surface area contributed by atoms with Crippen LogP contribution in [0.3, 0.4) is 0 Å². The van der Waals surface area contributed by atoms with Crippen molar-refractivity contribution in [2.75, 3.05) is 6.54 Å². The molecular formula is C31H29N7O3. The van der Waals surface area contributed by atoms with Crippen LogP contribution >= 0.6 is 0 Å². The number of nitrogens with zero attached hydrogens (tertiary/aromatic N) is 6. The summed E-state index contributed by atoms with van der Waals surface area (Å²) in [5.74, 6) is -0.863. The molecule has 1 atom stereocenters. The molecule has 206 valence electrons. The van der Waals surface area contributed by atoms with Gasteiger partial charge in [-0.15, -0.1) is 0 Å². The van der Waals surface area contributed by atoms with Crippen molar-refractivity contribution in [2.24, 2.45) is 5.73 Å². The van der Waals surface area contributed by atoms with Gasteiger partial charge in [-0.3, -0.25) is 19.4 Å². The Balaban J connectivity index is 1.28. The summed E-state index contributed by atoms with van der Waals surface area (Å²) >= 11 is 0. The molecule has 0 bridgehead atoms. The summed E-state index contributed by atoms with van der Waals surface area (Å²) in [6, 6.07) is 12.6. The van der Waals surface area contributed by atoms with E-state index in [1.54, 1.807) is 26.4 Å². The van der Waals surface area contributed by atoms with Gasteiger partial charge in [0.2, 0.25) is 5.91 Å². The van der Waals surface area contributed by atoms with E-state index < -0.39 is 11.9 Å². The summed E-state index contributed by atoms with van der Waals surface area (Å²) < 4.78 is 3.44. The number of primary amides is 1. The average Bonchev–Trinajstić information content (AvgIpc) is 3.51. The van der Waals surface area contributed by atoms with Crippen molar-refractivity contribution < 1.29 is 14.4 Å². The molecule has 4 aromatic heterocycles. The number of hydrogen-bond donors (Lipinski definition) is 1. The lowest BCUT2D eigenvalue weighted by atomic mass is 9.99. The molecule has 0 aliphatic carbocycles. The number of nitrogens with two attached hydrogens (primary N) is 1. The Kier molecular flexibility index (Phi) is 6.66. The summed E-state index contributed by atoms with van der Waals surface area (Å²) in [4.78, 5) is 49.8. The lowest BCUT2D eigenvalue weighted by molar-refractivity contribution is -0.139. The Morgan fingerprint density at radius 3 is 2.66 bits per heavy atom. The molecule has 2 amide bonds. The third-order valence-electron chi connectivity index (χ3n) is 7.42. The maximum absolute atomic E-state index is 13.6.